The Morgan fingerprint density at radius 3 is 2.76 bits per heavy atom. The quantitative estimate of drug-likeness (QED) is 0.775. The Bertz CT molecular complexity index is 439. The molecular weight excluding hydrogens is 214 g/mol. The highest BCUT2D eigenvalue weighted by molar-refractivity contribution is 5.53. The number of nitrogens with one attached hydrogen (secondary N) is 1. The molecule has 0 aliphatic heterocycles. The van der Waals surface area contributed by atoms with Crippen LogP contribution in [0.1, 0.15) is 18.7 Å². The first-order valence-electron chi connectivity index (χ1n) is 5.93. The van der Waals surface area contributed by atoms with Crippen LogP contribution in [0.5, 0.6) is 0 Å². The molecule has 0 unspecified atom stereocenters. The molecule has 2 aromatic rings. The molecule has 0 spiro atoms. The van der Waals surface area contributed by atoms with Gasteiger partial charge in [-0.2, -0.15) is 4.98 Å². The molecule has 0 fully saturated rings. The number of nitrogens with zero attached hydrogens (tertiary/aromatic N) is 2. The summed E-state index contributed by atoms with van der Waals surface area (Å²) in [5.74, 6) is 1.40. The second-order valence-electron chi connectivity index (χ2n) is 3.94. The molecule has 0 bridgehead atoms. The van der Waals surface area contributed by atoms with Crippen molar-refractivity contribution >= 4 is 0 Å². The van der Waals surface area contributed by atoms with Gasteiger partial charge in [-0.25, -0.2) is 0 Å². The fraction of sp³-hybridized carbons (Fsp3) is 0.385. The number of aryl methyl sites for hydroxylation is 1. The van der Waals surface area contributed by atoms with E-state index >= 15 is 0 Å². The summed E-state index contributed by atoms with van der Waals surface area (Å²) in [6.07, 6.45) is 3.04. The first kappa shape index (κ1) is 11.8. The normalized spacial score (nSPS) is 10.6. The third-order valence-corrected chi connectivity index (χ3v) is 2.57. The lowest BCUT2D eigenvalue weighted by molar-refractivity contribution is 0.374. The molecule has 0 atom stereocenters. The minimum Gasteiger partial charge on any atom is -0.339 e. The van der Waals surface area contributed by atoms with E-state index in [2.05, 4.69) is 15.5 Å². The Labute approximate surface area is 101 Å². The molecule has 4 nitrogen and oxygen atoms in total. The fourth-order valence-electron chi connectivity index (χ4n) is 1.64. The van der Waals surface area contributed by atoms with E-state index in [1.807, 2.05) is 37.4 Å². The van der Waals surface area contributed by atoms with E-state index in [0.29, 0.717) is 5.82 Å². The molecule has 0 saturated carbocycles. The fourth-order valence-corrected chi connectivity index (χ4v) is 1.64. The van der Waals surface area contributed by atoms with Crippen molar-refractivity contribution in [3.63, 3.8) is 0 Å². The summed E-state index contributed by atoms with van der Waals surface area (Å²) in [5, 5.41) is 7.10. The lowest BCUT2D eigenvalue weighted by Crippen LogP contribution is -2.07. The summed E-state index contributed by atoms with van der Waals surface area (Å²) in [6, 6.07) is 9.88. The zero-order valence-electron chi connectivity index (χ0n) is 10.0. The summed E-state index contributed by atoms with van der Waals surface area (Å²) < 4.78 is 5.22. The highest BCUT2D eigenvalue weighted by atomic mass is 16.5. The minimum absolute atomic E-state index is 0.675. The molecular formula is C13H17N3O. The van der Waals surface area contributed by atoms with Crippen molar-refractivity contribution in [2.45, 2.75) is 19.3 Å². The Kier molecular flexibility index (Phi) is 4.27. The van der Waals surface area contributed by atoms with Crippen LogP contribution in [0.15, 0.2) is 34.9 Å². The molecule has 1 aromatic carbocycles. The van der Waals surface area contributed by atoms with E-state index in [1.165, 1.54) is 0 Å². The standard InChI is InChI=1S/C13H17N3O/c1-14-10-6-5-9-12-15-13(16-17-12)11-7-3-2-4-8-11/h2-4,7-8,14H,5-6,9-10H2,1H3. The Balaban J connectivity index is 1.92. The van der Waals surface area contributed by atoms with Gasteiger partial charge in [-0.05, 0) is 26.4 Å². The summed E-state index contributed by atoms with van der Waals surface area (Å²) in [5.41, 5.74) is 0.998. The van der Waals surface area contributed by atoms with Crippen LogP contribution in [-0.4, -0.2) is 23.7 Å². The average Bonchev–Trinajstić information content (AvgIpc) is 2.85. The number of aromatic nitrogens is 2. The van der Waals surface area contributed by atoms with Crippen molar-refractivity contribution < 1.29 is 4.52 Å². The summed E-state index contributed by atoms with van der Waals surface area (Å²) in [4.78, 5) is 4.38. The van der Waals surface area contributed by atoms with Crippen LogP contribution in [0.2, 0.25) is 0 Å². The smallest absolute Gasteiger partial charge is 0.226 e. The highest BCUT2D eigenvalue weighted by Crippen LogP contribution is 2.15. The van der Waals surface area contributed by atoms with Crippen molar-refractivity contribution in [3.8, 4) is 11.4 Å². The molecule has 0 radical (unpaired) electrons. The Morgan fingerprint density at radius 1 is 1.18 bits per heavy atom. The van der Waals surface area contributed by atoms with E-state index < -0.39 is 0 Å². The van der Waals surface area contributed by atoms with E-state index in [0.717, 1.165) is 37.3 Å². The molecule has 90 valence electrons. The van der Waals surface area contributed by atoms with Gasteiger partial charge in [-0.1, -0.05) is 35.5 Å². The molecule has 0 aliphatic carbocycles. The predicted octanol–water partition coefficient (Wildman–Crippen LogP) is 2.28. The lowest BCUT2D eigenvalue weighted by Gasteiger charge is -1.95. The van der Waals surface area contributed by atoms with E-state index in [9.17, 15) is 0 Å². The van der Waals surface area contributed by atoms with Gasteiger partial charge in [0.25, 0.3) is 0 Å². The molecule has 17 heavy (non-hydrogen) atoms. The van der Waals surface area contributed by atoms with Crippen LogP contribution >= 0.6 is 0 Å². The summed E-state index contributed by atoms with van der Waals surface area (Å²) in [7, 11) is 1.96. The molecule has 0 aliphatic rings. The Hall–Kier alpha value is -1.68. The first-order chi connectivity index (χ1) is 8.40. The molecule has 2 rings (SSSR count). The molecule has 0 amide bonds. The van der Waals surface area contributed by atoms with Crippen molar-refractivity contribution in [2.24, 2.45) is 0 Å². The van der Waals surface area contributed by atoms with Crippen LogP contribution in [0, 0.1) is 0 Å². The van der Waals surface area contributed by atoms with Gasteiger partial charge < -0.3 is 9.84 Å². The van der Waals surface area contributed by atoms with Crippen LogP contribution in [0.25, 0.3) is 11.4 Å². The van der Waals surface area contributed by atoms with Crippen molar-refractivity contribution in [1.29, 1.82) is 0 Å². The maximum absolute atomic E-state index is 5.22. The van der Waals surface area contributed by atoms with E-state index in [1.54, 1.807) is 0 Å². The summed E-state index contributed by atoms with van der Waals surface area (Å²) >= 11 is 0. The summed E-state index contributed by atoms with van der Waals surface area (Å²) in [6.45, 7) is 1.03. The zero-order valence-corrected chi connectivity index (χ0v) is 10.0. The molecule has 1 aromatic heterocycles. The maximum Gasteiger partial charge on any atom is 0.226 e. The zero-order chi connectivity index (χ0) is 11.9. The number of rotatable bonds is 6. The van der Waals surface area contributed by atoms with Gasteiger partial charge in [-0.3, -0.25) is 0 Å². The van der Waals surface area contributed by atoms with Gasteiger partial charge in [0.15, 0.2) is 0 Å². The van der Waals surface area contributed by atoms with E-state index in [4.69, 9.17) is 4.52 Å². The van der Waals surface area contributed by atoms with Crippen LogP contribution in [0.3, 0.4) is 0 Å². The number of hydrogen-bond donors (Lipinski definition) is 1. The van der Waals surface area contributed by atoms with Crippen LogP contribution in [0.4, 0.5) is 0 Å². The third-order valence-electron chi connectivity index (χ3n) is 2.57. The topological polar surface area (TPSA) is 51.0 Å². The number of hydrogen-bond acceptors (Lipinski definition) is 4. The van der Waals surface area contributed by atoms with E-state index in [-0.39, 0.29) is 0 Å². The average molecular weight is 231 g/mol. The van der Waals surface area contributed by atoms with Gasteiger partial charge in [0.2, 0.25) is 11.7 Å². The molecule has 0 saturated heterocycles. The molecule has 1 N–H and O–H groups in total. The third kappa shape index (κ3) is 3.39. The second-order valence-corrected chi connectivity index (χ2v) is 3.94. The second kappa shape index (κ2) is 6.15. The van der Waals surface area contributed by atoms with Crippen molar-refractivity contribution in [2.75, 3.05) is 13.6 Å². The van der Waals surface area contributed by atoms with Crippen LogP contribution in [-0.2, 0) is 6.42 Å². The highest BCUT2D eigenvalue weighted by Gasteiger charge is 2.07. The minimum atomic E-state index is 0.675. The lowest BCUT2D eigenvalue weighted by atomic mass is 10.2. The maximum atomic E-state index is 5.22. The number of benzene rings is 1. The van der Waals surface area contributed by atoms with Crippen LogP contribution < -0.4 is 5.32 Å². The van der Waals surface area contributed by atoms with Gasteiger partial charge in [0, 0.05) is 12.0 Å². The van der Waals surface area contributed by atoms with Gasteiger partial charge in [0.05, 0.1) is 0 Å². The molecule has 1 heterocycles. The van der Waals surface area contributed by atoms with Crippen molar-refractivity contribution in [3.05, 3.63) is 36.2 Å². The largest absolute Gasteiger partial charge is 0.339 e. The van der Waals surface area contributed by atoms with Crippen molar-refractivity contribution in [1.82, 2.24) is 15.5 Å². The SMILES string of the molecule is CNCCCCc1nc(-c2ccccc2)no1. The monoisotopic (exact) mass is 231 g/mol. The number of unbranched alkanes of at least 4 members (excludes halogenated alkanes) is 1. The first-order valence-corrected chi connectivity index (χ1v) is 5.93. The van der Waals surface area contributed by atoms with Gasteiger partial charge in [-0.15, -0.1) is 0 Å². The predicted molar refractivity (Wildman–Crippen MR) is 66.6 cm³/mol. The van der Waals surface area contributed by atoms with Gasteiger partial charge >= 0.3 is 0 Å². The Morgan fingerprint density at radius 2 is 2.00 bits per heavy atom. The van der Waals surface area contributed by atoms with Gasteiger partial charge in [0.1, 0.15) is 0 Å². The molecule has 4 heteroatoms.